The number of ether oxygens (including phenoxy) is 1. The summed E-state index contributed by atoms with van der Waals surface area (Å²) in [6.45, 7) is 1.07. The maximum Gasteiger partial charge on any atom is 0.230 e. The molecule has 172 valence electrons. The van der Waals surface area contributed by atoms with Crippen molar-refractivity contribution in [2.24, 2.45) is 0 Å². The average molecular weight is 460 g/mol. The summed E-state index contributed by atoms with van der Waals surface area (Å²) in [5, 5.41) is 7.93. The van der Waals surface area contributed by atoms with Crippen molar-refractivity contribution in [2.45, 2.75) is 19.0 Å². The molecular weight excluding hydrogens is 438 g/mol. The highest BCUT2D eigenvalue weighted by Crippen LogP contribution is 2.35. The summed E-state index contributed by atoms with van der Waals surface area (Å²) >= 11 is 0. The van der Waals surface area contributed by atoms with Gasteiger partial charge in [0.2, 0.25) is 5.71 Å². The lowest BCUT2D eigenvalue weighted by atomic mass is 10.0. The Morgan fingerprint density at radius 3 is 2.50 bits per heavy atom. The number of halogens is 2. The van der Waals surface area contributed by atoms with E-state index in [0.717, 1.165) is 46.6 Å². The molecule has 6 nitrogen and oxygen atoms in total. The number of aromatic amines is 1. The Kier molecular flexibility index (Phi) is 6.40. The lowest BCUT2D eigenvalue weighted by Gasteiger charge is -2.13. The van der Waals surface area contributed by atoms with E-state index in [1.165, 1.54) is 18.5 Å². The molecule has 1 aliphatic rings. The molecule has 0 spiro atoms. The fraction of sp³-hybridized carbons (Fsp3) is 0.192. The van der Waals surface area contributed by atoms with E-state index in [2.05, 4.69) is 20.2 Å². The van der Waals surface area contributed by atoms with Crippen LogP contribution in [0.15, 0.2) is 77.6 Å². The number of fused-ring (bicyclic) bond motifs is 1. The predicted octanol–water partition coefficient (Wildman–Crippen LogP) is 6.22. The summed E-state index contributed by atoms with van der Waals surface area (Å²) in [5.41, 5.74) is 4.56. The number of hydrogen-bond donors (Lipinski definition) is 1. The van der Waals surface area contributed by atoms with Crippen molar-refractivity contribution in [3.8, 4) is 33.8 Å². The highest BCUT2D eigenvalue weighted by Gasteiger charge is 2.18. The molecule has 1 atom stereocenters. The number of aromatic nitrogens is 4. The molecule has 0 amide bonds. The van der Waals surface area contributed by atoms with Gasteiger partial charge in [-0.05, 0) is 43.2 Å². The molecular formula is C26H22F2N4O2. The topological polar surface area (TPSA) is 76.8 Å². The van der Waals surface area contributed by atoms with Crippen molar-refractivity contribution in [2.75, 3.05) is 13.2 Å². The van der Waals surface area contributed by atoms with Crippen LogP contribution in [0.4, 0.5) is 8.78 Å². The second-order valence-corrected chi connectivity index (χ2v) is 7.90. The zero-order valence-corrected chi connectivity index (χ0v) is 18.2. The van der Waals surface area contributed by atoms with Crippen molar-refractivity contribution in [1.82, 2.24) is 20.2 Å². The molecule has 0 aliphatic carbocycles. The number of nitrogens with zero attached hydrogens (tertiary/aromatic N) is 3. The number of rotatable bonds is 3. The third kappa shape index (κ3) is 4.72. The second-order valence-electron chi connectivity index (χ2n) is 7.90. The van der Waals surface area contributed by atoms with Crippen molar-refractivity contribution >= 4 is 11.1 Å². The van der Waals surface area contributed by atoms with Crippen LogP contribution in [0.1, 0.15) is 12.8 Å². The fourth-order valence-electron chi connectivity index (χ4n) is 3.82. The summed E-state index contributed by atoms with van der Waals surface area (Å²) in [6, 6.07) is 18.0. The molecule has 0 bridgehead atoms. The summed E-state index contributed by atoms with van der Waals surface area (Å²) in [5.74, 6) is 0.436. The Balaban J connectivity index is 0.000000297. The highest BCUT2D eigenvalue weighted by atomic mass is 19.1. The maximum absolute atomic E-state index is 13.3. The van der Waals surface area contributed by atoms with Gasteiger partial charge in [0.25, 0.3) is 0 Å². The van der Waals surface area contributed by atoms with E-state index in [4.69, 9.17) is 9.15 Å². The smallest absolute Gasteiger partial charge is 0.230 e. The van der Waals surface area contributed by atoms with E-state index in [1.54, 1.807) is 18.3 Å². The minimum absolute atomic E-state index is 0.286. The van der Waals surface area contributed by atoms with E-state index in [0.29, 0.717) is 24.4 Å². The predicted molar refractivity (Wildman–Crippen MR) is 125 cm³/mol. The van der Waals surface area contributed by atoms with Crippen LogP contribution < -0.4 is 0 Å². The molecule has 2 aromatic carbocycles. The Morgan fingerprint density at radius 2 is 1.79 bits per heavy atom. The fourth-order valence-corrected chi connectivity index (χ4v) is 3.82. The minimum Gasteiger partial charge on any atom is -0.438 e. The standard InChI is InChI=1S/C21H13FN4O.C5H9FO/c22-15-8-6-14(7-9-15)19-17(11-25-26-19)20-16-10-18(13-4-2-1-3-5-13)27-21(16)24-12-23-20;6-5-2-1-3-7-4-5/h1-12H,(H,25,26);5H,1-4H2/t;5-/m.1/s1. The molecule has 8 heteroatoms. The van der Waals surface area contributed by atoms with Crippen LogP contribution in [0.5, 0.6) is 0 Å². The third-order valence-corrected chi connectivity index (χ3v) is 5.52. The lowest BCUT2D eigenvalue weighted by Crippen LogP contribution is -2.17. The maximum atomic E-state index is 13.3. The van der Waals surface area contributed by atoms with Gasteiger partial charge in [0.1, 0.15) is 24.1 Å². The summed E-state index contributed by atoms with van der Waals surface area (Å²) < 4.78 is 36.1. The normalized spacial score (nSPS) is 15.6. The number of nitrogens with one attached hydrogen (secondary N) is 1. The Hall–Kier alpha value is -3.91. The molecule has 3 aromatic heterocycles. The molecule has 1 fully saturated rings. The van der Waals surface area contributed by atoms with Crippen LogP contribution >= 0.6 is 0 Å². The summed E-state index contributed by atoms with van der Waals surface area (Å²) in [4.78, 5) is 8.71. The van der Waals surface area contributed by atoms with Gasteiger partial charge in [-0.3, -0.25) is 5.10 Å². The van der Waals surface area contributed by atoms with E-state index in [-0.39, 0.29) is 5.82 Å². The van der Waals surface area contributed by atoms with E-state index in [1.807, 2.05) is 36.4 Å². The van der Waals surface area contributed by atoms with Gasteiger partial charge in [0.15, 0.2) is 0 Å². The minimum atomic E-state index is -0.686. The van der Waals surface area contributed by atoms with Gasteiger partial charge >= 0.3 is 0 Å². The largest absolute Gasteiger partial charge is 0.438 e. The molecule has 6 rings (SSSR count). The number of benzene rings is 2. The van der Waals surface area contributed by atoms with Crippen molar-refractivity contribution in [3.63, 3.8) is 0 Å². The van der Waals surface area contributed by atoms with Gasteiger partial charge in [-0.25, -0.2) is 18.7 Å². The van der Waals surface area contributed by atoms with Gasteiger partial charge < -0.3 is 9.15 Å². The number of H-pyrrole nitrogens is 1. The van der Waals surface area contributed by atoms with Crippen LogP contribution in [0.3, 0.4) is 0 Å². The van der Waals surface area contributed by atoms with Crippen molar-refractivity contribution < 1.29 is 17.9 Å². The van der Waals surface area contributed by atoms with Crippen LogP contribution in [0.25, 0.3) is 44.9 Å². The van der Waals surface area contributed by atoms with Gasteiger partial charge in [0, 0.05) is 23.3 Å². The van der Waals surface area contributed by atoms with Crippen LogP contribution in [0.2, 0.25) is 0 Å². The third-order valence-electron chi connectivity index (χ3n) is 5.52. The van der Waals surface area contributed by atoms with E-state index in [9.17, 15) is 8.78 Å². The molecule has 5 aromatic rings. The molecule has 34 heavy (non-hydrogen) atoms. The lowest BCUT2D eigenvalue weighted by molar-refractivity contribution is 0.0366. The molecule has 1 saturated heterocycles. The monoisotopic (exact) mass is 460 g/mol. The van der Waals surface area contributed by atoms with Crippen molar-refractivity contribution in [3.05, 3.63) is 79.0 Å². The Labute approximate surface area is 194 Å². The first-order chi connectivity index (χ1) is 16.7. The highest BCUT2D eigenvalue weighted by molar-refractivity contribution is 5.95. The zero-order chi connectivity index (χ0) is 23.3. The SMILES string of the molecule is F[C@@H]1CCCOC1.Fc1ccc(-c2[nH]ncc2-c2ncnc3oc(-c4ccccc4)cc23)cc1. The van der Waals surface area contributed by atoms with Gasteiger partial charge in [-0.15, -0.1) is 0 Å². The number of hydrogen-bond acceptors (Lipinski definition) is 5. The van der Waals surface area contributed by atoms with Crippen LogP contribution in [0, 0.1) is 5.82 Å². The summed E-state index contributed by atoms with van der Waals surface area (Å²) in [7, 11) is 0. The molecule has 1 N–H and O–H groups in total. The quantitative estimate of drug-likeness (QED) is 0.346. The van der Waals surface area contributed by atoms with E-state index >= 15 is 0 Å². The average Bonchev–Trinajstić information content (AvgIpc) is 3.53. The molecule has 0 radical (unpaired) electrons. The Bertz CT molecular complexity index is 1360. The first-order valence-electron chi connectivity index (χ1n) is 11.0. The van der Waals surface area contributed by atoms with Gasteiger partial charge in [-0.1, -0.05) is 30.3 Å². The van der Waals surface area contributed by atoms with Gasteiger partial charge in [0.05, 0.1) is 29.6 Å². The molecule has 4 heterocycles. The van der Waals surface area contributed by atoms with Crippen LogP contribution in [-0.2, 0) is 4.74 Å². The first kappa shape index (κ1) is 21.9. The first-order valence-corrected chi connectivity index (χ1v) is 11.0. The Morgan fingerprint density at radius 1 is 0.971 bits per heavy atom. The molecule has 1 aliphatic heterocycles. The number of alkyl halides is 1. The van der Waals surface area contributed by atoms with Gasteiger partial charge in [-0.2, -0.15) is 5.10 Å². The van der Waals surface area contributed by atoms with Crippen LogP contribution in [-0.4, -0.2) is 39.6 Å². The molecule has 0 unspecified atom stereocenters. The molecule has 0 saturated carbocycles. The van der Waals surface area contributed by atoms with E-state index < -0.39 is 6.17 Å². The van der Waals surface area contributed by atoms with Crippen molar-refractivity contribution in [1.29, 1.82) is 0 Å². The second kappa shape index (κ2) is 9.93. The zero-order valence-electron chi connectivity index (χ0n) is 18.2. The number of furan rings is 1. The summed E-state index contributed by atoms with van der Waals surface area (Å²) in [6.07, 6.45) is 4.07.